The summed E-state index contributed by atoms with van der Waals surface area (Å²) in [6, 6.07) is 8.86. The standard InChI is InChI=1S/C17H27NO/c1-14-4-6-15(7-5-14)12-18-10-8-16(9-11-19)17(2,3)13-18/h4-7,16,19H,8-13H2,1-3H3. The maximum absolute atomic E-state index is 9.16. The maximum atomic E-state index is 9.16. The Morgan fingerprint density at radius 2 is 1.95 bits per heavy atom. The first-order valence-electron chi connectivity index (χ1n) is 7.40. The zero-order valence-corrected chi connectivity index (χ0v) is 12.5. The molecule has 1 aliphatic rings. The summed E-state index contributed by atoms with van der Waals surface area (Å²) in [5, 5.41) is 9.16. The first kappa shape index (κ1) is 14.5. The molecule has 1 saturated heterocycles. The second-order valence-electron chi connectivity index (χ2n) is 6.68. The van der Waals surface area contributed by atoms with Crippen LogP contribution in [-0.4, -0.2) is 29.7 Å². The van der Waals surface area contributed by atoms with Crippen LogP contribution in [0.5, 0.6) is 0 Å². The molecule has 2 heteroatoms. The lowest BCUT2D eigenvalue weighted by Crippen LogP contribution is -2.45. The minimum absolute atomic E-state index is 0.311. The Balaban J connectivity index is 1.95. The van der Waals surface area contributed by atoms with E-state index in [1.807, 2.05) is 0 Å². The summed E-state index contributed by atoms with van der Waals surface area (Å²) in [5.41, 5.74) is 3.04. The Morgan fingerprint density at radius 1 is 1.26 bits per heavy atom. The molecule has 1 aromatic rings. The Bertz CT molecular complexity index is 396. The smallest absolute Gasteiger partial charge is 0.0433 e. The molecule has 2 nitrogen and oxygen atoms in total. The number of aryl methyl sites for hydroxylation is 1. The maximum Gasteiger partial charge on any atom is 0.0433 e. The molecule has 106 valence electrons. The summed E-state index contributed by atoms with van der Waals surface area (Å²) in [7, 11) is 0. The number of likely N-dealkylation sites (tertiary alicyclic amines) is 1. The quantitative estimate of drug-likeness (QED) is 0.899. The third-order valence-corrected chi connectivity index (χ3v) is 4.53. The molecule has 2 rings (SSSR count). The second-order valence-corrected chi connectivity index (χ2v) is 6.68. The molecular formula is C17H27NO. The van der Waals surface area contributed by atoms with Crippen LogP contribution in [0.15, 0.2) is 24.3 Å². The average Bonchev–Trinajstić information content (AvgIpc) is 2.35. The van der Waals surface area contributed by atoms with Crippen molar-refractivity contribution in [3.63, 3.8) is 0 Å². The normalized spacial score (nSPS) is 23.5. The summed E-state index contributed by atoms with van der Waals surface area (Å²) in [6.07, 6.45) is 2.16. The van der Waals surface area contributed by atoms with Gasteiger partial charge in [0.1, 0.15) is 0 Å². The van der Waals surface area contributed by atoms with Gasteiger partial charge in [0.05, 0.1) is 0 Å². The van der Waals surface area contributed by atoms with Gasteiger partial charge < -0.3 is 5.11 Å². The van der Waals surface area contributed by atoms with Crippen molar-refractivity contribution in [2.75, 3.05) is 19.7 Å². The van der Waals surface area contributed by atoms with Gasteiger partial charge in [-0.2, -0.15) is 0 Å². The summed E-state index contributed by atoms with van der Waals surface area (Å²) in [4.78, 5) is 2.55. The van der Waals surface area contributed by atoms with Crippen LogP contribution in [0.25, 0.3) is 0 Å². The van der Waals surface area contributed by atoms with E-state index in [2.05, 4.69) is 49.9 Å². The van der Waals surface area contributed by atoms with E-state index in [9.17, 15) is 0 Å². The molecule has 1 heterocycles. The molecular weight excluding hydrogens is 234 g/mol. The van der Waals surface area contributed by atoms with E-state index in [-0.39, 0.29) is 0 Å². The van der Waals surface area contributed by atoms with Crippen molar-refractivity contribution in [2.24, 2.45) is 11.3 Å². The molecule has 0 radical (unpaired) electrons. The average molecular weight is 261 g/mol. The van der Waals surface area contributed by atoms with Gasteiger partial charge >= 0.3 is 0 Å². The largest absolute Gasteiger partial charge is 0.396 e. The highest BCUT2D eigenvalue weighted by atomic mass is 16.3. The van der Waals surface area contributed by atoms with Gasteiger partial charge in [0.2, 0.25) is 0 Å². The summed E-state index contributed by atoms with van der Waals surface area (Å²) in [5.74, 6) is 0.659. The van der Waals surface area contributed by atoms with Crippen LogP contribution in [-0.2, 0) is 6.54 Å². The summed E-state index contributed by atoms with van der Waals surface area (Å²) >= 11 is 0. The second kappa shape index (κ2) is 6.06. The fourth-order valence-corrected chi connectivity index (χ4v) is 3.29. The SMILES string of the molecule is Cc1ccc(CN2CCC(CCO)C(C)(C)C2)cc1. The Morgan fingerprint density at radius 3 is 2.53 bits per heavy atom. The van der Waals surface area contributed by atoms with Crippen molar-refractivity contribution in [3.05, 3.63) is 35.4 Å². The van der Waals surface area contributed by atoms with Crippen LogP contribution in [0.3, 0.4) is 0 Å². The highest BCUT2D eigenvalue weighted by molar-refractivity contribution is 5.21. The third-order valence-electron chi connectivity index (χ3n) is 4.53. The lowest BCUT2D eigenvalue weighted by molar-refractivity contribution is 0.0364. The van der Waals surface area contributed by atoms with Crippen LogP contribution in [0.2, 0.25) is 0 Å². The van der Waals surface area contributed by atoms with E-state index in [4.69, 9.17) is 5.11 Å². The molecule has 0 saturated carbocycles. The van der Waals surface area contributed by atoms with Crippen molar-refractivity contribution in [1.82, 2.24) is 4.90 Å². The highest BCUT2D eigenvalue weighted by Gasteiger charge is 2.35. The Hall–Kier alpha value is -0.860. The first-order chi connectivity index (χ1) is 9.01. The molecule has 1 N–H and O–H groups in total. The van der Waals surface area contributed by atoms with Crippen molar-refractivity contribution in [1.29, 1.82) is 0 Å². The summed E-state index contributed by atoms with van der Waals surface area (Å²) < 4.78 is 0. The van der Waals surface area contributed by atoms with Crippen molar-refractivity contribution in [3.8, 4) is 0 Å². The predicted molar refractivity (Wildman–Crippen MR) is 80.0 cm³/mol. The van der Waals surface area contributed by atoms with Gasteiger partial charge in [-0.15, -0.1) is 0 Å². The molecule has 1 atom stereocenters. The molecule has 1 aromatic carbocycles. The van der Waals surface area contributed by atoms with Gasteiger partial charge in [-0.25, -0.2) is 0 Å². The number of hydrogen-bond acceptors (Lipinski definition) is 2. The fraction of sp³-hybridized carbons (Fsp3) is 0.647. The number of hydrogen-bond donors (Lipinski definition) is 1. The van der Waals surface area contributed by atoms with E-state index in [1.165, 1.54) is 17.5 Å². The van der Waals surface area contributed by atoms with Gasteiger partial charge in [-0.3, -0.25) is 4.90 Å². The molecule has 1 aliphatic heterocycles. The number of aliphatic hydroxyl groups excluding tert-OH is 1. The minimum Gasteiger partial charge on any atom is -0.396 e. The zero-order chi connectivity index (χ0) is 13.9. The minimum atomic E-state index is 0.311. The summed E-state index contributed by atoms with van der Waals surface area (Å²) in [6.45, 7) is 10.5. The van der Waals surface area contributed by atoms with Crippen molar-refractivity contribution in [2.45, 2.75) is 40.2 Å². The Kier molecular flexibility index (Phi) is 4.64. The molecule has 0 amide bonds. The first-order valence-corrected chi connectivity index (χ1v) is 7.40. The van der Waals surface area contributed by atoms with Gasteiger partial charge in [0, 0.05) is 19.7 Å². The number of benzene rings is 1. The van der Waals surface area contributed by atoms with Crippen molar-refractivity contribution >= 4 is 0 Å². The molecule has 0 aromatic heterocycles. The number of nitrogens with zero attached hydrogens (tertiary/aromatic N) is 1. The molecule has 0 bridgehead atoms. The number of aliphatic hydroxyl groups is 1. The lowest BCUT2D eigenvalue weighted by Gasteiger charge is -2.44. The zero-order valence-electron chi connectivity index (χ0n) is 12.5. The van der Waals surface area contributed by atoms with Crippen LogP contribution in [0.1, 0.15) is 37.8 Å². The van der Waals surface area contributed by atoms with E-state index in [0.29, 0.717) is 17.9 Å². The van der Waals surface area contributed by atoms with Gasteiger partial charge in [-0.1, -0.05) is 43.7 Å². The van der Waals surface area contributed by atoms with Crippen LogP contribution >= 0.6 is 0 Å². The van der Waals surface area contributed by atoms with Crippen LogP contribution in [0, 0.1) is 18.3 Å². The lowest BCUT2D eigenvalue weighted by atomic mass is 9.72. The van der Waals surface area contributed by atoms with Gasteiger partial charge in [0.15, 0.2) is 0 Å². The molecule has 1 fully saturated rings. The van der Waals surface area contributed by atoms with Gasteiger partial charge in [0.25, 0.3) is 0 Å². The Labute approximate surface area is 117 Å². The molecule has 0 aliphatic carbocycles. The van der Waals surface area contributed by atoms with E-state index < -0.39 is 0 Å². The van der Waals surface area contributed by atoms with E-state index >= 15 is 0 Å². The van der Waals surface area contributed by atoms with Gasteiger partial charge in [-0.05, 0) is 43.2 Å². The van der Waals surface area contributed by atoms with Crippen LogP contribution < -0.4 is 0 Å². The van der Waals surface area contributed by atoms with E-state index in [1.54, 1.807) is 0 Å². The molecule has 0 spiro atoms. The van der Waals surface area contributed by atoms with Crippen LogP contribution in [0.4, 0.5) is 0 Å². The van der Waals surface area contributed by atoms with E-state index in [0.717, 1.165) is 26.1 Å². The van der Waals surface area contributed by atoms with Crippen molar-refractivity contribution < 1.29 is 5.11 Å². The molecule has 19 heavy (non-hydrogen) atoms. The predicted octanol–water partition coefficient (Wildman–Crippen LogP) is 3.23. The highest BCUT2D eigenvalue weighted by Crippen LogP contribution is 2.37. The molecule has 1 unspecified atom stereocenters. The number of rotatable bonds is 4. The third kappa shape index (κ3) is 3.80. The fourth-order valence-electron chi connectivity index (χ4n) is 3.29. The number of piperidine rings is 1. The topological polar surface area (TPSA) is 23.5 Å². The monoisotopic (exact) mass is 261 g/mol.